The Hall–Kier alpha value is -0.730. The molecule has 1 aliphatic rings. The van der Waals surface area contributed by atoms with Crippen molar-refractivity contribution >= 4 is 12.4 Å². The highest BCUT2D eigenvalue weighted by Crippen LogP contribution is 2.37. The number of aromatic hydroxyl groups is 1. The molecule has 0 radical (unpaired) electrons. The van der Waals surface area contributed by atoms with Crippen LogP contribution >= 0.6 is 12.4 Å². The molecule has 2 N–H and O–H groups in total. The summed E-state index contributed by atoms with van der Waals surface area (Å²) in [5.74, 6) is 0.375. The van der Waals surface area contributed by atoms with Gasteiger partial charge in [-0.2, -0.15) is 0 Å². The van der Waals surface area contributed by atoms with Crippen LogP contribution in [0.5, 0.6) is 5.75 Å². The van der Waals surface area contributed by atoms with Gasteiger partial charge in [-0.3, -0.25) is 0 Å². The van der Waals surface area contributed by atoms with E-state index in [2.05, 4.69) is 18.3 Å². The van der Waals surface area contributed by atoms with Crippen LogP contribution in [0.25, 0.3) is 0 Å². The van der Waals surface area contributed by atoms with Gasteiger partial charge in [0.05, 0.1) is 0 Å². The Bertz CT molecular complexity index is 342. The van der Waals surface area contributed by atoms with E-state index >= 15 is 0 Å². The molecule has 3 heteroatoms. The number of phenolic OH excluding ortho intramolecular Hbond substituents is 1. The maximum Gasteiger partial charge on any atom is 0.115 e. The van der Waals surface area contributed by atoms with Crippen LogP contribution in [0.3, 0.4) is 0 Å². The van der Waals surface area contributed by atoms with Crippen molar-refractivity contribution in [3.05, 3.63) is 29.8 Å². The fourth-order valence-corrected chi connectivity index (χ4v) is 2.86. The molecule has 0 spiro atoms. The third-order valence-corrected chi connectivity index (χ3v) is 3.62. The van der Waals surface area contributed by atoms with Gasteiger partial charge in [0.2, 0.25) is 0 Å². The summed E-state index contributed by atoms with van der Waals surface area (Å²) in [7, 11) is 0. The molecule has 0 saturated heterocycles. The molecular formula is C14H22ClNO. The lowest BCUT2D eigenvalue weighted by Crippen LogP contribution is -2.43. The molecule has 1 aromatic rings. The molecule has 1 aliphatic carbocycles. The predicted molar refractivity (Wildman–Crippen MR) is 73.8 cm³/mol. The van der Waals surface area contributed by atoms with E-state index in [1.165, 1.54) is 37.7 Å². The average Bonchev–Trinajstić information content (AvgIpc) is 2.31. The topological polar surface area (TPSA) is 32.3 Å². The van der Waals surface area contributed by atoms with Crippen LogP contribution < -0.4 is 5.32 Å². The Balaban J connectivity index is 0.00000144. The van der Waals surface area contributed by atoms with Crippen LogP contribution in [-0.4, -0.2) is 11.7 Å². The lowest BCUT2D eigenvalue weighted by Gasteiger charge is -2.38. The Morgan fingerprint density at radius 1 is 1.24 bits per heavy atom. The molecule has 17 heavy (non-hydrogen) atoms. The standard InChI is InChI=1S/C14H21NO.ClH/c1-2-15-14(9-4-3-5-10-14)12-7-6-8-13(16)11-12;/h6-8,11,15-16H,2-5,9-10H2,1H3;1H. The highest BCUT2D eigenvalue weighted by atomic mass is 35.5. The van der Waals surface area contributed by atoms with Crippen LogP contribution in [0.15, 0.2) is 24.3 Å². The van der Waals surface area contributed by atoms with Gasteiger partial charge >= 0.3 is 0 Å². The Kier molecular flexibility index (Phi) is 5.29. The van der Waals surface area contributed by atoms with E-state index in [4.69, 9.17) is 0 Å². The van der Waals surface area contributed by atoms with E-state index in [1.54, 1.807) is 6.07 Å². The van der Waals surface area contributed by atoms with Crippen molar-refractivity contribution in [1.29, 1.82) is 0 Å². The van der Waals surface area contributed by atoms with Crippen molar-refractivity contribution in [3.8, 4) is 5.75 Å². The fourth-order valence-electron chi connectivity index (χ4n) is 2.86. The third-order valence-electron chi connectivity index (χ3n) is 3.62. The monoisotopic (exact) mass is 255 g/mol. The molecule has 0 amide bonds. The summed E-state index contributed by atoms with van der Waals surface area (Å²) in [5, 5.41) is 13.2. The van der Waals surface area contributed by atoms with Crippen molar-refractivity contribution in [3.63, 3.8) is 0 Å². The van der Waals surface area contributed by atoms with Crippen molar-refractivity contribution in [1.82, 2.24) is 5.32 Å². The molecule has 96 valence electrons. The molecule has 0 unspecified atom stereocenters. The second-order valence-electron chi connectivity index (χ2n) is 4.72. The number of hydrogen-bond donors (Lipinski definition) is 2. The van der Waals surface area contributed by atoms with E-state index in [0.29, 0.717) is 5.75 Å². The van der Waals surface area contributed by atoms with E-state index in [1.807, 2.05) is 12.1 Å². The minimum Gasteiger partial charge on any atom is -0.508 e. The lowest BCUT2D eigenvalue weighted by molar-refractivity contribution is 0.237. The summed E-state index contributed by atoms with van der Waals surface area (Å²) in [6.45, 7) is 3.13. The minimum atomic E-state index is 0. The normalized spacial score (nSPS) is 18.4. The third kappa shape index (κ3) is 3.14. The first kappa shape index (κ1) is 14.3. The zero-order valence-corrected chi connectivity index (χ0v) is 11.2. The molecule has 0 aromatic heterocycles. The minimum absolute atomic E-state index is 0. The number of nitrogens with one attached hydrogen (secondary N) is 1. The molecule has 0 aliphatic heterocycles. The summed E-state index contributed by atoms with van der Waals surface area (Å²) in [5.41, 5.74) is 1.35. The molecule has 0 bridgehead atoms. The van der Waals surface area contributed by atoms with Crippen molar-refractivity contribution in [2.45, 2.75) is 44.6 Å². The first-order valence-corrected chi connectivity index (χ1v) is 6.31. The number of rotatable bonds is 3. The van der Waals surface area contributed by atoms with Gasteiger partial charge in [0, 0.05) is 5.54 Å². The van der Waals surface area contributed by atoms with Crippen LogP contribution in [-0.2, 0) is 5.54 Å². The van der Waals surface area contributed by atoms with Gasteiger partial charge in [0.15, 0.2) is 0 Å². The Morgan fingerprint density at radius 2 is 1.94 bits per heavy atom. The van der Waals surface area contributed by atoms with Crippen LogP contribution in [0.4, 0.5) is 0 Å². The lowest BCUT2D eigenvalue weighted by atomic mass is 9.76. The molecule has 0 heterocycles. The van der Waals surface area contributed by atoms with Gasteiger partial charge in [-0.05, 0) is 37.1 Å². The maximum atomic E-state index is 9.60. The second-order valence-corrected chi connectivity index (χ2v) is 4.72. The zero-order chi connectivity index (χ0) is 11.4. The van der Waals surface area contributed by atoms with Gasteiger partial charge in [-0.15, -0.1) is 12.4 Å². The summed E-state index contributed by atoms with van der Waals surface area (Å²) in [6.07, 6.45) is 6.27. The van der Waals surface area contributed by atoms with Crippen LogP contribution in [0.1, 0.15) is 44.6 Å². The van der Waals surface area contributed by atoms with E-state index in [0.717, 1.165) is 6.54 Å². The van der Waals surface area contributed by atoms with E-state index < -0.39 is 0 Å². The van der Waals surface area contributed by atoms with Gasteiger partial charge in [-0.1, -0.05) is 38.3 Å². The number of benzene rings is 1. The van der Waals surface area contributed by atoms with Crippen molar-refractivity contribution < 1.29 is 5.11 Å². The first-order chi connectivity index (χ1) is 7.77. The molecule has 1 saturated carbocycles. The largest absolute Gasteiger partial charge is 0.508 e. The van der Waals surface area contributed by atoms with Crippen molar-refractivity contribution in [2.24, 2.45) is 0 Å². The number of phenols is 1. The van der Waals surface area contributed by atoms with E-state index in [-0.39, 0.29) is 17.9 Å². The fraction of sp³-hybridized carbons (Fsp3) is 0.571. The summed E-state index contributed by atoms with van der Waals surface area (Å²) >= 11 is 0. The van der Waals surface area contributed by atoms with Gasteiger partial charge < -0.3 is 10.4 Å². The van der Waals surface area contributed by atoms with Crippen molar-refractivity contribution in [2.75, 3.05) is 6.54 Å². The summed E-state index contributed by atoms with van der Waals surface area (Å²) < 4.78 is 0. The van der Waals surface area contributed by atoms with Gasteiger partial charge in [-0.25, -0.2) is 0 Å². The summed E-state index contributed by atoms with van der Waals surface area (Å²) in [4.78, 5) is 0. The maximum absolute atomic E-state index is 9.60. The zero-order valence-electron chi connectivity index (χ0n) is 10.4. The molecule has 0 atom stereocenters. The summed E-state index contributed by atoms with van der Waals surface area (Å²) in [6, 6.07) is 7.73. The first-order valence-electron chi connectivity index (χ1n) is 6.31. The molecule has 1 fully saturated rings. The molecule has 2 nitrogen and oxygen atoms in total. The Labute approximate surface area is 110 Å². The predicted octanol–water partition coefficient (Wildman–Crippen LogP) is 3.58. The Morgan fingerprint density at radius 3 is 2.53 bits per heavy atom. The van der Waals surface area contributed by atoms with Gasteiger partial charge in [0.25, 0.3) is 0 Å². The highest BCUT2D eigenvalue weighted by molar-refractivity contribution is 5.85. The molecular weight excluding hydrogens is 234 g/mol. The van der Waals surface area contributed by atoms with Crippen LogP contribution in [0.2, 0.25) is 0 Å². The number of hydrogen-bond acceptors (Lipinski definition) is 2. The molecule has 1 aromatic carbocycles. The number of halogens is 1. The quantitative estimate of drug-likeness (QED) is 0.865. The average molecular weight is 256 g/mol. The highest BCUT2D eigenvalue weighted by Gasteiger charge is 2.32. The van der Waals surface area contributed by atoms with E-state index in [9.17, 15) is 5.11 Å². The SMILES string of the molecule is CCNC1(c2cccc(O)c2)CCCCC1.Cl. The van der Waals surface area contributed by atoms with Crippen LogP contribution in [0, 0.1) is 0 Å². The second kappa shape index (κ2) is 6.27. The smallest absolute Gasteiger partial charge is 0.115 e. The molecule has 2 rings (SSSR count). The van der Waals surface area contributed by atoms with Gasteiger partial charge in [0.1, 0.15) is 5.75 Å².